The van der Waals surface area contributed by atoms with E-state index >= 15 is 0 Å². The van der Waals surface area contributed by atoms with Gasteiger partial charge in [0.05, 0.1) is 7.11 Å². The number of methoxy groups -OCH3 is 1. The highest BCUT2D eigenvalue weighted by atomic mass is 32.1. The Bertz CT molecular complexity index is 204. The smallest absolute Gasteiger partial charge is 0.319 e. The van der Waals surface area contributed by atoms with Crippen molar-refractivity contribution < 1.29 is 14.3 Å². The molecule has 0 rings (SSSR count). The van der Waals surface area contributed by atoms with Gasteiger partial charge in [0.15, 0.2) is 0 Å². The van der Waals surface area contributed by atoms with Crippen LogP contribution in [-0.2, 0) is 14.3 Å². The molecule has 0 aromatic heterocycles. The Morgan fingerprint density at radius 1 is 1.36 bits per heavy atom. The van der Waals surface area contributed by atoms with Crippen LogP contribution in [-0.4, -0.2) is 24.1 Å². The van der Waals surface area contributed by atoms with Gasteiger partial charge in [0.25, 0.3) is 0 Å². The van der Waals surface area contributed by atoms with Gasteiger partial charge in [-0.1, -0.05) is 13.8 Å². The fraction of sp³-hybridized carbons (Fsp3) is 0.800. The van der Waals surface area contributed by atoms with Gasteiger partial charge < -0.3 is 4.74 Å². The Hall–Kier alpha value is -0.510. The molecule has 0 amide bonds. The van der Waals surface area contributed by atoms with Crippen molar-refractivity contribution in [3.8, 4) is 0 Å². The maximum absolute atomic E-state index is 11.6. The molecule has 0 saturated heterocycles. The molecule has 2 atom stereocenters. The number of ketones is 1. The Morgan fingerprint density at radius 3 is 2.29 bits per heavy atom. The minimum absolute atomic E-state index is 0.0976. The van der Waals surface area contributed by atoms with Crippen LogP contribution in [0.5, 0.6) is 0 Å². The summed E-state index contributed by atoms with van der Waals surface area (Å²) >= 11 is 4.12. The molecule has 82 valence electrons. The second kappa shape index (κ2) is 6.87. The molecule has 4 heteroatoms. The molecule has 0 aromatic rings. The van der Waals surface area contributed by atoms with E-state index in [9.17, 15) is 9.59 Å². The summed E-state index contributed by atoms with van der Waals surface area (Å²) in [6, 6.07) is 0. The molecule has 14 heavy (non-hydrogen) atoms. The molecular weight excluding hydrogens is 200 g/mol. The summed E-state index contributed by atoms with van der Waals surface area (Å²) in [5.41, 5.74) is 0. The molecular formula is C10H18O3S. The molecule has 0 radical (unpaired) electrons. The first-order valence-corrected chi connectivity index (χ1v) is 5.38. The van der Waals surface area contributed by atoms with E-state index in [0.717, 1.165) is 6.42 Å². The summed E-state index contributed by atoms with van der Waals surface area (Å²) in [6.45, 7) is 3.82. The molecule has 0 spiro atoms. The van der Waals surface area contributed by atoms with Crippen LogP contribution < -0.4 is 0 Å². The van der Waals surface area contributed by atoms with Crippen LogP contribution in [0.15, 0.2) is 0 Å². The van der Waals surface area contributed by atoms with Crippen molar-refractivity contribution in [1.82, 2.24) is 0 Å². The van der Waals surface area contributed by atoms with E-state index in [0.29, 0.717) is 12.8 Å². The molecule has 0 aliphatic carbocycles. The van der Waals surface area contributed by atoms with E-state index in [2.05, 4.69) is 17.4 Å². The highest BCUT2D eigenvalue weighted by Gasteiger charge is 2.29. The zero-order chi connectivity index (χ0) is 11.1. The van der Waals surface area contributed by atoms with Crippen LogP contribution >= 0.6 is 12.6 Å². The van der Waals surface area contributed by atoms with Crippen molar-refractivity contribution in [3.05, 3.63) is 0 Å². The van der Waals surface area contributed by atoms with Crippen molar-refractivity contribution in [3.63, 3.8) is 0 Å². The van der Waals surface area contributed by atoms with Crippen LogP contribution in [0.25, 0.3) is 0 Å². The lowest BCUT2D eigenvalue weighted by molar-refractivity contribution is -0.143. The van der Waals surface area contributed by atoms with E-state index < -0.39 is 11.2 Å². The zero-order valence-electron chi connectivity index (χ0n) is 8.95. The van der Waals surface area contributed by atoms with Crippen molar-refractivity contribution >= 4 is 24.4 Å². The number of carbonyl (C=O) groups is 2. The third kappa shape index (κ3) is 3.70. The van der Waals surface area contributed by atoms with E-state index in [4.69, 9.17) is 0 Å². The summed E-state index contributed by atoms with van der Waals surface area (Å²) in [7, 11) is 1.31. The molecule has 0 aliphatic rings. The van der Waals surface area contributed by atoms with Gasteiger partial charge in [-0.3, -0.25) is 9.59 Å². The molecule has 0 N–H and O–H groups in total. The lowest BCUT2D eigenvalue weighted by Crippen LogP contribution is -2.31. The van der Waals surface area contributed by atoms with Crippen LogP contribution in [0.1, 0.15) is 33.1 Å². The maximum atomic E-state index is 11.6. The topological polar surface area (TPSA) is 43.4 Å². The number of carbonyl (C=O) groups excluding carboxylic acids is 2. The minimum Gasteiger partial charge on any atom is -0.468 e. The summed E-state index contributed by atoms with van der Waals surface area (Å²) in [6.07, 6.45) is 1.94. The summed E-state index contributed by atoms with van der Waals surface area (Å²) in [5.74, 6) is -0.643. The Labute approximate surface area is 90.6 Å². The predicted molar refractivity (Wildman–Crippen MR) is 58.5 cm³/mol. The average Bonchev–Trinajstić information content (AvgIpc) is 2.18. The van der Waals surface area contributed by atoms with Gasteiger partial charge in [0.2, 0.25) is 0 Å². The Balaban J connectivity index is 4.39. The van der Waals surface area contributed by atoms with Crippen molar-refractivity contribution in [2.24, 2.45) is 5.92 Å². The first kappa shape index (κ1) is 13.5. The van der Waals surface area contributed by atoms with Crippen LogP contribution in [0, 0.1) is 5.92 Å². The van der Waals surface area contributed by atoms with Crippen molar-refractivity contribution in [1.29, 1.82) is 0 Å². The first-order valence-electron chi connectivity index (χ1n) is 4.87. The fourth-order valence-corrected chi connectivity index (χ4v) is 1.83. The number of esters is 1. The SMILES string of the molecule is CCCC(=O)C(CC)C(S)C(=O)OC. The Kier molecular flexibility index (Phi) is 6.62. The minimum atomic E-state index is -0.621. The van der Waals surface area contributed by atoms with Gasteiger partial charge >= 0.3 is 5.97 Å². The number of ether oxygens (including phenoxy) is 1. The largest absolute Gasteiger partial charge is 0.468 e. The maximum Gasteiger partial charge on any atom is 0.319 e. The quantitative estimate of drug-likeness (QED) is 0.546. The van der Waals surface area contributed by atoms with E-state index in [-0.39, 0.29) is 11.7 Å². The van der Waals surface area contributed by atoms with Gasteiger partial charge in [-0.05, 0) is 12.8 Å². The van der Waals surface area contributed by atoms with Gasteiger partial charge in [0.1, 0.15) is 11.0 Å². The molecule has 0 aromatic carbocycles. The molecule has 0 fully saturated rings. The van der Waals surface area contributed by atoms with Gasteiger partial charge in [-0.15, -0.1) is 0 Å². The summed E-state index contributed by atoms with van der Waals surface area (Å²) in [4.78, 5) is 22.7. The predicted octanol–water partition coefficient (Wildman–Crippen LogP) is 1.85. The fourth-order valence-electron chi connectivity index (χ4n) is 1.34. The lowest BCUT2D eigenvalue weighted by atomic mass is 9.94. The third-order valence-electron chi connectivity index (χ3n) is 2.17. The normalized spacial score (nSPS) is 14.6. The summed E-state index contributed by atoms with van der Waals surface area (Å²) < 4.78 is 4.56. The van der Waals surface area contributed by atoms with Crippen molar-refractivity contribution in [2.75, 3.05) is 7.11 Å². The van der Waals surface area contributed by atoms with Crippen LogP contribution in [0.3, 0.4) is 0 Å². The highest BCUT2D eigenvalue weighted by molar-refractivity contribution is 7.81. The standard InChI is InChI=1S/C10H18O3S/c1-4-6-8(11)7(5-2)9(14)10(12)13-3/h7,9,14H,4-6H2,1-3H3. The van der Waals surface area contributed by atoms with E-state index in [1.165, 1.54) is 7.11 Å². The Morgan fingerprint density at radius 2 is 1.93 bits per heavy atom. The first-order chi connectivity index (χ1) is 6.58. The van der Waals surface area contributed by atoms with E-state index in [1.54, 1.807) is 0 Å². The lowest BCUT2D eigenvalue weighted by Gasteiger charge is -2.18. The van der Waals surface area contributed by atoms with E-state index in [1.807, 2.05) is 13.8 Å². The number of Topliss-reactive ketones (excluding diaryl/α,β-unsaturated/α-hetero) is 1. The molecule has 0 saturated carbocycles. The van der Waals surface area contributed by atoms with Gasteiger partial charge in [-0.25, -0.2) is 0 Å². The monoisotopic (exact) mass is 218 g/mol. The average molecular weight is 218 g/mol. The third-order valence-corrected chi connectivity index (χ3v) is 2.74. The van der Waals surface area contributed by atoms with Crippen LogP contribution in [0.4, 0.5) is 0 Å². The molecule has 0 aliphatic heterocycles. The molecule has 2 unspecified atom stereocenters. The number of rotatable bonds is 6. The number of thiol groups is 1. The van der Waals surface area contributed by atoms with Crippen LogP contribution in [0.2, 0.25) is 0 Å². The van der Waals surface area contributed by atoms with Gasteiger partial charge in [-0.2, -0.15) is 12.6 Å². The number of hydrogen-bond donors (Lipinski definition) is 1. The van der Waals surface area contributed by atoms with Gasteiger partial charge in [0, 0.05) is 12.3 Å². The van der Waals surface area contributed by atoms with Crippen molar-refractivity contribution in [2.45, 2.75) is 38.4 Å². The zero-order valence-corrected chi connectivity index (χ0v) is 9.84. The second-order valence-corrected chi connectivity index (χ2v) is 3.76. The summed E-state index contributed by atoms with van der Waals surface area (Å²) in [5, 5.41) is -0.621. The molecule has 3 nitrogen and oxygen atoms in total. The number of hydrogen-bond acceptors (Lipinski definition) is 4. The second-order valence-electron chi connectivity index (χ2n) is 3.20. The molecule has 0 bridgehead atoms. The highest BCUT2D eigenvalue weighted by Crippen LogP contribution is 2.19. The molecule has 0 heterocycles.